The lowest BCUT2D eigenvalue weighted by molar-refractivity contribution is -0.194. The van der Waals surface area contributed by atoms with Gasteiger partial charge in [0.25, 0.3) is 0 Å². The summed E-state index contributed by atoms with van der Waals surface area (Å²) >= 11 is 0. The third-order valence-electron chi connectivity index (χ3n) is 2.40. The Bertz CT molecular complexity index is 188. The van der Waals surface area contributed by atoms with Crippen LogP contribution in [0.25, 0.3) is 0 Å². The summed E-state index contributed by atoms with van der Waals surface area (Å²) in [5.41, 5.74) is 8.50. The SMILES string of the molecule is C1N2CN3CN1CN(C2)C3.C=O.NC(N)=O. The number of rotatable bonds is 0. The number of urea groups is 1. The lowest BCUT2D eigenvalue weighted by atomic mass is 10.4. The van der Waals surface area contributed by atoms with Gasteiger partial charge in [-0.05, 0) is 0 Å². The molecule has 0 aromatic rings. The smallest absolute Gasteiger partial charge is 0.309 e. The van der Waals surface area contributed by atoms with E-state index in [1.165, 1.54) is 40.0 Å². The van der Waals surface area contributed by atoms with E-state index in [0.717, 1.165) is 0 Å². The Balaban J connectivity index is 0.000000186. The molecule has 92 valence electrons. The molecule has 4 rings (SSSR count). The zero-order chi connectivity index (χ0) is 12.1. The Morgan fingerprint density at radius 2 is 0.875 bits per heavy atom. The van der Waals surface area contributed by atoms with E-state index in [1.807, 2.05) is 6.79 Å². The van der Waals surface area contributed by atoms with Crippen LogP contribution in [0.1, 0.15) is 0 Å². The highest BCUT2D eigenvalue weighted by Gasteiger charge is 2.36. The first-order valence-corrected chi connectivity index (χ1v) is 4.86. The average molecular weight is 230 g/mol. The predicted octanol–water partition coefficient (Wildman–Crippen LogP) is -2.18. The molecule has 0 radical (unpaired) electrons. The highest BCUT2D eigenvalue weighted by molar-refractivity contribution is 5.69. The molecule has 0 aromatic carbocycles. The van der Waals surface area contributed by atoms with E-state index >= 15 is 0 Å². The molecular formula is C8H18N6O2. The Kier molecular flexibility index (Phi) is 4.62. The molecule has 4 heterocycles. The fourth-order valence-electron chi connectivity index (χ4n) is 2.23. The van der Waals surface area contributed by atoms with Crippen LogP contribution in [0.5, 0.6) is 0 Å². The molecule has 0 atom stereocenters. The number of primary amides is 2. The number of carbonyl (C=O) groups is 2. The van der Waals surface area contributed by atoms with Gasteiger partial charge in [-0.25, -0.2) is 4.79 Å². The van der Waals surface area contributed by atoms with Crippen LogP contribution in [0.4, 0.5) is 4.79 Å². The van der Waals surface area contributed by atoms with Gasteiger partial charge in [0.2, 0.25) is 0 Å². The van der Waals surface area contributed by atoms with Crippen LogP contribution in [0.2, 0.25) is 0 Å². The van der Waals surface area contributed by atoms with Gasteiger partial charge in [-0.1, -0.05) is 0 Å². The van der Waals surface area contributed by atoms with Gasteiger partial charge in [0.05, 0.1) is 40.0 Å². The maximum absolute atomic E-state index is 9.00. The molecule has 2 amide bonds. The average Bonchev–Trinajstić information content (AvgIpc) is 2.17. The highest BCUT2D eigenvalue weighted by atomic mass is 16.2. The van der Waals surface area contributed by atoms with Crippen molar-refractivity contribution in [3.8, 4) is 0 Å². The van der Waals surface area contributed by atoms with E-state index in [2.05, 4.69) is 31.1 Å². The van der Waals surface area contributed by atoms with Crippen LogP contribution < -0.4 is 11.5 Å². The number of nitrogens with zero attached hydrogens (tertiary/aromatic N) is 4. The fraction of sp³-hybridized carbons (Fsp3) is 0.750. The van der Waals surface area contributed by atoms with Crippen molar-refractivity contribution in [1.29, 1.82) is 0 Å². The molecule has 16 heavy (non-hydrogen) atoms. The summed E-state index contributed by atoms with van der Waals surface area (Å²) in [5.74, 6) is 0. The van der Waals surface area contributed by atoms with E-state index in [4.69, 9.17) is 9.59 Å². The molecule has 8 heteroatoms. The zero-order valence-corrected chi connectivity index (χ0v) is 9.21. The first kappa shape index (κ1) is 12.8. The first-order valence-electron chi connectivity index (χ1n) is 4.86. The summed E-state index contributed by atoms with van der Waals surface area (Å²) in [6.07, 6.45) is 0. The maximum atomic E-state index is 9.00. The van der Waals surface area contributed by atoms with Crippen molar-refractivity contribution < 1.29 is 9.59 Å². The molecular weight excluding hydrogens is 212 g/mol. The Hall–Kier alpha value is -1.22. The molecule has 4 saturated heterocycles. The predicted molar refractivity (Wildman–Crippen MR) is 57.4 cm³/mol. The molecule has 4 bridgehead atoms. The standard InChI is InChI=1S/C6H12N4.CH4N2O.CH2O/c1-7-2-9-4-8(1)5-10(3-7)6-9;2-1(3)4;1-2/h1-6H2;(H4,2,3,4);1H2. The lowest BCUT2D eigenvalue weighted by Gasteiger charge is -2.56. The van der Waals surface area contributed by atoms with Gasteiger partial charge < -0.3 is 16.3 Å². The Morgan fingerprint density at radius 1 is 0.750 bits per heavy atom. The molecule has 4 fully saturated rings. The van der Waals surface area contributed by atoms with Crippen LogP contribution in [-0.4, -0.2) is 72.4 Å². The maximum Gasteiger partial charge on any atom is 0.309 e. The van der Waals surface area contributed by atoms with Gasteiger partial charge in [-0.2, -0.15) is 0 Å². The zero-order valence-electron chi connectivity index (χ0n) is 9.21. The van der Waals surface area contributed by atoms with Gasteiger partial charge in [0, 0.05) is 0 Å². The topological polar surface area (TPSA) is 99.1 Å². The summed E-state index contributed by atoms with van der Waals surface area (Å²) in [5, 5.41) is 0. The van der Waals surface area contributed by atoms with Gasteiger partial charge in [-0.15, -0.1) is 0 Å². The van der Waals surface area contributed by atoms with Crippen molar-refractivity contribution in [2.45, 2.75) is 0 Å². The van der Waals surface area contributed by atoms with Crippen molar-refractivity contribution in [3.63, 3.8) is 0 Å². The van der Waals surface area contributed by atoms with Crippen LogP contribution in [0, 0.1) is 0 Å². The number of hydrogen-bond donors (Lipinski definition) is 2. The van der Waals surface area contributed by atoms with Crippen LogP contribution in [-0.2, 0) is 4.79 Å². The number of carbonyl (C=O) groups excluding carboxylic acids is 2. The third kappa shape index (κ3) is 3.42. The van der Waals surface area contributed by atoms with Gasteiger partial charge in [-0.3, -0.25) is 19.6 Å². The summed E-state index contributed by atoms with van der Waals surface area (Å²) in [4.78, 5) is 26.9. The van der Waals surface area contributed by atoms with E-state index in [1.54, 1.807) is 0 Å². The monoisotopic (exact) mass is 230 g/mol. The van der Waals surface area contributed by atoms with Crippen LogP contribution in [0.3, 0.4) is 0 Å². The number of hydrogen-bond acceptors (Lipinski definition) is 6. The number of nitrogens with two attached hydrogens (primary N) is 2. The third-order valence-corrected chi connectivity index (χ3v) is 2.40. The summed E-state index contributed by atoms with van der Waals surface area (Å²) in [6, 6.07) is -0.833. The van der Waals surface area contributed by atoms with E-state index in [-0.39, 0.29) is 0 Å². The molecule has 0 aromatic heterocycles. The fourth-order valence-corrected chi connectivity index (χ4v) is 2.23. The molecule has 4 N–H and O–H groups in total. The van der Waals surface area contributed by atoms with Crippen molar-refractivity contribution >= 4 is 12.8 Å². The molecule has 0 aliphatic carbocycles. The second kappa shape index (κ2) is 5.75. The van der Waals surface area contributed by atoms with Crippen LogP contribution >= 0.6 is 0 Å². The normalized spacial score (nSPS) is 37.8. The molecule has 0 unspecified atom stereocenters. The molecule has 0 spiro atoms. The summed E-state index contributed by atoms with van der Waals surface area (Å²) in [6.45, 7) is 9.12. The van der Waals surface area contributed by atoms with Crippen molar-refractivity contribution in [2.75, 3.05) is 40.0 Å². The Morgan fingerprint density at radius 3 is 1.00 bits per heavy atom. The highest BCUT2D eigenvalue weighted by Crippen LogP contribution is 2.20. The van der Waals surface area contributed by atoms with E-state index in [9.17, 15) is 0 Å². The lowest BCUT2D eigenvalue weighted by Crippen LogP contribution is -2.71. The minimum absolute atomic E-state index is 0.833. The first-order chi connectivity index (χ1) is 7.63. The van der Waals surface area contributed by atoms with Gasteiger partial charge in [0.1, 0.15) is 6.79 Å². The van der Waals surface area contributed by atoms with E-state index < -0.39 is 6.03 Å². The molecule has 4 aliphatic heterocycles. The number of amides is 2. The van der Waals surface area contributed by atoms with Gasteiger partial charge in [0.15, 0.2) is 0 Å². The van der Waals surface area contributed by atoms with Crippen molar-refractivity contribution in [3.05, 3.63) is 0 Å². The summed E-state index contributed by atoms with van der Waals surface area (Å²) in [7, 11) is 0. The van der Waals surface area contributed by atoms with E-state index in [0.29, 0.717) is 0 Å². The molecule has 0 saturated carbocycles. The minimum atomic E-state index is -0.833. The largest absolute Gasteiger partial charge is 0.352 e. The molecule has 8 nitrogen and oxygen atoms in total. The second-order valence-electron chi connectivity index (χ2n) is 3.93. The van der Waals surface area contributed by atoms with Crippen molar-refractivity contribution in [1.82, 2.24) is 19.6 Å². The minimum Gasteiger partial charge on any atom is -0.352 e. The summed E-state index contributed by atoms with van der Waals surface area (Å²) < 4.78 is 0. The molecule has 4 aliphatic rings. The van der Waals surface area contributed by atoms with Gasteiger partial charge >= 0.3 is 6.03 Å². The van der Waals surface area contributed by atoms with Crippen molar-refractivity contribution in [2.24, 2.45) is 11.5 Å². The quantitative estimate of drug-likeness (QED) is 0.491. The second-order valence-corrected chi connectivity index (χ2v) is 3.93. The Labute approximate surface area is 94.3 Å². The van der Waals surface area contributed by atoms with Crippen LogP contribution in [0.15, 0.2) is 0 Å².